The minimum Gasteiger partial charge on any atom is -0.507 e. The molecule has 1 aromatic rings. The van der Waals surface area contributed by atoms with E-state index in [1.54, 1.807) is 0 Å². The maximum atomic E-state index is 12.8. The Hall–Kier alpha value is -2.11. The number of carboxylic acid groups (broad SMARTS) is 1. The maximum Gasteiger partial charge on any atom is 0.311 e. The fraction of sp³-hybridized carbons (Fsp3) is 0.385. The molecule has 102 valence electrons. The van der Waals surface area contributed by atoms with Crippen molar-refractivity contribution < 1.29 is 24.2 Å². The number of benzene rings is 1. The number of aliphatic carboxylic acids is 1. The van der Waals surface area contributed by atoms with Crippen molar-refractivity contribution in [3.8, 4) is 5.75 Å². The summed E-state index contributed by atoms with van der Waals surface area (Å²) >= 11 is 0. The first-order chi connectivity index (χ1) is 8.94. The third-order valence-electron chi connectivity index (χ3n) is 3.56. The van der Waals surface area contributed by atoms with Crippen molar-refractivity contribution in [1.29, 1.82) is 0 Å². The summed E-state index contributed by atoms with van der Waals surface area (Å²) in [6.45, 7) is 0.0119. The lowest BCUT2D eigenvalue weighted by Gasteiger charge is -2.37. The van der Waals surface area contributed by atoms with Gasteiger partial charge in [-0.1, -0.05) is 6.42 Å². The number of carbonyl (C=O) groups excluding carboxylic acids is 1. The van der Waals surface area contributed by atoms with Crippen LogP contribution < -0.4 is 5.32 Å². The van der Waals surface area contributed by atoms with Crippen LogP contribution in [0, 0.1) is 11.2 Å². The highest BCUT2D eigenvalue weighted by molar-refractivity contribution is 5.97. The van der Waals surface area contributed by atoms with Gasteiger partial charge in [-0.05, 0) is 25.0 Å². The predicted octanol–water partition coefficient (Wildman–Crippen LogP) is 1.52. The largest absolute Gasteiger partial charge is 0.507 e. The number of phenols is 1. The van der Waals surface area contributed by atoms with Crippen LogP contribution in [-0.2, 0) is 4.79 Å². The summed E-state index contributed by atoms with van der Waals surface area (Å²) in [4.78, 5) is 22.9. The van der Waals surface area contributed by atoms with Gasteiger partial charge < -0.3 is 15.5 Å². The number of carbonyl (C=O) groups is 2. The van der Waals surface area contributed by atoms with Crippen LogP contribution in [0.25, 0.3) is 0 Å². The summed E-state index contributed by atoms with van der Waals surface area (Å²) in [6, 6.07) is 3.06. The Morgan fingerprint density at radius 1 is 1.37 bits per heavy atom. The number of hydrogen-bond acceptors (Lipinski definition) is 3. The number of nitrogens with one attached hydrogen (secondary N) is 1. The van der Waals surface area contributed by atoms with E-state index in [2.05, 4.69) is 5.32 Å². The van der Waals surface area contributed by atoms with Gasteiger partial charge in [0.25, 0.3) is 5.91 Å². The molecule has 0 aliphatic heterocycles. The summed E-state index contributed by atoms with van der Waals surface area (Å²) in [5, 5.41) is 21.0. The number of rotatable bonds is 4. The quantitative estimate of drug-likeness (QED) is 0.771. The number of phenolic OH excluding ortho intramolecular Hbond substituents is 1. The highest BCUT2D eigenvalue weighted by Crippen LogP contribution is 2.40. The second kappa shape index (κ2) is 4.87. The molecule has 19 heavy (non-hydrogen) atoms. The minimum atomic E-state index is -0.928. The van der Waals surface area contributed by atoms with Gasteiger partial charge in [0, 0.05) is 12.6 Å². The van der Waals surface area contributed by atoms with Crippen molar-refractivity contribution in [3.63, 3.8) is 0 Å². The van der Waals surface area contributed by atoms with Gasteiger partial charge in [0.1, 0.15) is 11.6 Å². The van der Waals surface area contributed by atoms with Crippen LogP contribution >= 0.6 is 0 Å². The first-order valence-corrected chi connectivity index (χ1v) is 5.95. The van der Waals surface area contributed by atoms with Gasteiger partial charge in [0.05, 0.1) is 11.0 Å². The molecule has 3 N–H and O–H groups in total. The Balaban J connectivity index is 2.03. The molecule has 0 saturated heterocycles. The molecule has 1 aromatic carbocycles. The van der Waals surface area contributed by atoms with Crippen molar-refractivity contribution >= 4 is 11.9 Å². The van der Waals surface area contributed by atoms with Gasteiger partial charge in [-0.15, -0.1) is 0 Å². The number of hydrogen-bond donors (Lipinski definition) is 3. The topological polar surface area (TPSA) is 86.6 Å². The zero-order chi connectivity index (χ0) is 14.0. The van der Waals surface area contributed by atoms with Crippen molar-refractivity contribution in [1.82, 2.24) is 5.32 Å². The van der Waals surface area contributed by atoms with E-state index in [0.717, 1.165) is 24.6 Å². The molecule has 1 saturated carbocycles. The smallest absolute Gasteiger partial charge is 0.311 e. The van der Waals surface area contributed by atoms with E-state index in [0.29, 0.717) is 12.8 Å². The van der Waals surface area contributed by atoms with Gasteiger partial charge in [-0.25, -0.2) is 4.39 Å². The monoisotopic (exact) mass is 267 g/mol. The summed E-state index contributed by atoms with van der Waals surface area (Å²) in [6.07, 6.45) is 1.87. The zero-order valence-electron chi connectivity index (χ0n) is 10.1. The summed E-state index contributed by atoms with van der Waals surface area (Å²) < 4.78 is 12.8. The summed E-state index contributed by atoms with van der Waals surface area (Å²) in [5.74, 6) is -2.64. The molecule has 0 spiro atoms. The minimum absolute atomic E-state index is 0.0119. The molecular formula is C13H14FNO4. The molecule has 5 nitrogen and oxygen atoms in total. The Bertz CT molecular complexity index is 525. The van der Waals surface area contributed by atoms with E-state index < -0.39 is 28.9 Å². The first-order valence-electron chi connectivity index (χ1n) is 5.95. The van der Waals surface area contributed by atoms with Crippen LogP contribution in [0.2, 0.25) is 0 Å². The molecular weight excluding hydrogens is 253 g/mol. The molecule has 2 rings (SSSR count). The Labute approximate surface area is 109 Å². The zero-order valence-corrected chi connectivity index (χ0v) is 10.1. The average molecular weight is 267 g/mol. The van der Waals surface area contributed by atoms with Crippen LogP contribution in [0.1, 0.15) is 29.6 Å². The molecule has 0 heterocycles. The van der Waals surface area contributed by atoms with Crippen molar-refractivity contribution in [2.75, 3.05) is 6.54 Å². The van der Waals surface area contributed by atoms with Crippen molar-refractivity contribution in [3.05, 3.63) is 29.6 Å². The van der Waals surface area contributed by atoms with Gasteiger partial charge in [0.2, 0.25) is 0 Å². The van der Waals surface area contributed by atoms with Crippen LogP contribution in [0.5, 0.6) is 5.75 Å². The SMILES string of the molecule is O=C(NCC1(C(=O)O)CCC1)c1ccc(F)cc1O. The molecule has 0 bridgehead atoms. The Morgan fingerprint density at radius 3 is 2.53 bits per heavy atom. The maximum absolute atomic E-state index is 12.8. The fourth-order valence-electron chi connectivity index (χ4n) is 2.11. The fourth-order valence-corrected chi connectivity index (χ4v) is 2.11. The second-order valence-corrected chi connectivity index (χ2v) is 4.78. The van der Waals surface area contributed by atoms with Gasteiger partial charge >= 0.3 is 5.97 Å². The first kappa shape index (κ1) is 13.3. The number of halogens is 1. The summed E-state index contributed by atoms with van der Waals surface area (Å²) in [7, 11) is 0. The third kappa shape index (κ3) is 2.52. The number of aromatic hydroxyl groups is 1. The van der Waals surface area contributed by atoms with Gasteiger partial charge in [-0.3, -0.25) is 9.59 Å². The van der Waals surface area contributed by atoms with Gasteiger partial charge in [-0.2, -0.15) is 0 Å². The number of carboxylic acids is 1. The Morgan fingerprint density at radius 2 is 2.05 bits per heavy atom. The average Bonchev–Trinajstić information content (AvgIpc) is 2.26. The van der Waals surface area contributed by atoms with Crippen LogP contribution in [0.3, 0.4) is 0 Å². The van der Waals surface area contributed by atoms with E-state index in [4.69, 9.17) is 5.11 Å². The molecule has 1 aliphatic carbocycles. The highest BCUT2D eigenvalue weighted by atomic mass is 19.1. The molecule has 0 atom stereocenters. The van der Waals surface area contributed by atoms with Gasteiger partial charge in [0.15, 0.2) is 0 Å². The molecule has 6 heteroatoms. The van der Waals surface area contributed by atoms with E-state index in [1.165, 1.54) is 0 Å². The van der Waals surface area contributed by atoms with E-state index >= 15 is 0 Å². The lowest BCUT2D eigenvalue weighted by Crippen LogP contribution is -2.47. The van der Waals surface area contributed by atoms with Crippen LogP contribution in [0.15, 0.2) is 18.2 Å². The number of amides is 1. The molecule has 0 aromatic heterocycles. The summed E-state index contributed by atoms with van der Waals surface area (Å²) in [5.41, 5.74) is -0.966. The molecule has 1 fully saturated rings. The Kier molecular flexibility index (Phi) is 3.42. The van der Waals surface area contributed by atoms with E-state index in [-0.39, 0.29) is 12.1 Å². The highest BCUT2D eigenvalue weighted by Gasteiger charge is 2.44. The van der Waals surface area contributed by atoms with Crippen LogP contribution in [0.4, 0.5) is 4.39 Å². The predicted molar refractivity (Wildman–Crippen MR) is 64.3 cm³/mol. The molecule has 1 amide bonds. The lowest BCUT2D eigenvalue weighted by atomic mass is 9.69. The lowest BCUT2D eigenvalue weighted by molar-refractivity contribution is -0.153. The van der Waals surface area contributed by atoms with E-state index in [9.17, 15) is 19.1 Å². The second-order valence-electron chi connectivity index (χ2n) is 4.78. The molecule has 0 unspecified atom stereocenters. The normalized spacial score (nSPS) is 16.5. The molecule has 0 radical (unpaired) electrons. The van der Waals surface area contributed by atoms with Crippen molar-refractivity contribution in [2.45, 2.75) is 19.3 Å². The third-order valence-corrected chi connectivity index (χ3v) is 3.56. The molecule has 1 aliphatic rings. The standard InChI is InChI=1S/C13H14FNO4/c14-8-2-3-9(10(16)6-8)11(17)15-7-13(12(18)19)4-1-5-13/h2-3,6,16H,1,4-5,7H2,(H,15,17)(H,18,19). The van der Waals surface area contributed by atoms with E-state index in [1.807, 2.05) is 0 Å². The van der Waals surface area contributed by atoms with Crippen LogP contribution in [-0.4, -0.2) is 28.6 Å². The van der Waals surface area contributed by atoms with Crippen molar-refractivity contribution in [2.24, 2.45) is 5.41 Å².